The molecule has 0 unspecified atom stereocenters. The molecule has 1 aromatic rings. The summed E-state index contributed by atoms with van der Waals surface area (Å²) in [5.74, 6) is 0. The van der Waals surface area contributed by atoms with Crippen molar-refractivity contribution in [3.8, 4) is 0 Å². The molecule has 0 fully saturated rings. The van der Waals surface area contributed by atoms with E-state index in [4.69, 9.17) is 11.6 Å². The average molecular weight is 270 g/mol. The smallest absolute Gasteiger partial charge is 0.253 e. The molecule has 0 spiro atoms. The third kappa shape index (κ3) is 4.30. The van der Waals surface area contributed by atoms with E-state index in [9.17, 15) is 9.59 Å². The molecule has 0 saturated carbocycles. The predicted octanol–water partition coefficient (Wildman–Crippen LogP) is 3.04. The summed E-state index contributed by atoms with van der Waals surface area (Å²) in [4.78, 5) is 23.0. The van der Waals surface area contributed by atoms with E-state index in [0.717, 1.165) is 31.5 Å². The Morgan fingerprint density at radius 1 is 1.33 bits per heavy atom. The third-order valence-electron chi connectivity index (χ3n) is 3.05. The molecule has 100 valence electrons. The van der Waals surface area contributed by atoms with Crippen molar-refractivity contribution in [1.82, 2.24) is 4.57 Å². The molecule has 0 aliphatic carbocycles. The topological polar surface area (TPSA) is 39.1 Å². The summed E-state index contributed by atoms with van der Waals surface area (Å²) in [6.07, 6.45) is 3.91. The van der Waals surface area contributed by atoms with Gasteiger partial charge in [0.2, 0.25) is 5.24 Å². The zero-order valence-electron chi connectivity index (χ0n) is 11.0. The highest BCUT2D eigenvalue weighted by atomic mass is 35.5. The van der Waals surface area contributed by atoms with Crippen molar-refractivity contribution >= 4 is 16.8 Å². The lowest BCUT2D eigenvalue weighted by molar-refractivity contribution is -0.111. The molecule has 18 heavy (non-hydrogen) atoms. The number of rotatable bonds is 7. The first kappa shape index (κ1) is 15.0. The molecule has 1 aromatic heterocycles. The van der Waals surface area contributed by atoms with Gasteiger partial charge in [0.25, 0.3) is 5.56 Å². The first-order valence-corrected chi connectivity index (χ1v) is 6.81. The standard InChI is InChI=1S/C14H20ClNO2/c1-3-4-5-10-16-11(2)6-7-12(14(16)18)8-9-13(15)17/h6-7H,3-5,8-10H2,1-2H3. The molecule has 0 atom stereocenters. The van der Waals surface area contributed by atoms with Crippen LogP contribution in [0.3, 0.4) is 0 Å². The Bertz CT molecular complexity index is 465. The van der Waals surface area contributed by atoms with Crippen LogP contribution in [-0.2, 0) is 17.8 Å². The fourth-order valence-corrected chi connectivity index (χ4v) is 2.03. The quantitative estimate of drug-likeness (QED) is 0.564. The van der Waals surface area contributed by atoms with Crippen molar-refractivity contribution in [3.63, 3.8) is 0 Å². The van der Waals surface area contributed by atoms with Crippen LogP contribution in [0.1, 0.15) is 43.9 Å². The van der Waals surface area contributed by atoms with Crippen LogP contribution in [0.25, 0.3) is 0 Å². The second-order valence-electron chi connectivity index (χ2n) is 4.52. The number of aryl methyl sites for hydroxylation is 2. The van der Waals surface area contributed by atoms with Crippen LogP contribution < -0.4 is 5.56 Å². The first-order valence-electron chi connectivity index (χ1n) is 6.44. The summed E-state index contributed by atoms with van der Waals surface area (Å²) in [5.41, 5.74) is 1.66. The lowest BCUT2D eigenvalue weighted by Crippen LogP contribution is -2.25. The van der Waals surface area contributed by atoms with Gasteiger partial charge in [0.15, 0.2) is 0 Å². The zero-order chi connectivity index (χ0) is 13.5. The Morgan fingerprint density at radius 3 is 2.67 bits per heavy atom. The van der Waals surface area contributed by atoms with E-state index in [1.807, 2.05) is 13.0 Å². The second-order valence-corrected chi connectivity index (χ2v) is 4.94. The maximum Gasteiger partial charge on any atom is 0.253 e. The van der Waals surface area contributed by atoms with E-state index >= 15 is 0 Å². The van der Waals surface area contributed by atoms with Crippen molar-refractivity contribution in [1.29, 1.82) is 0 Å². The molecule has 1 heterocycles. The molecule has 4 heteroatoms. The fourth-order valence-electron chi connectivity index (χ4n) is 1.94. The molecule has 0 amide bonds. The van der Waals surface area contributed by atoms with E-state index in [2.05, 4.69) is 6.92 Å². The number of hydrogen-bond acceptors (Lipinski definition) is 2. The molecular formula is C14H20ClNO2. The molecule has 0 aliphatic rings. The number of pyridine rings is 1. The van der Waals surface area contributed by atoms with E-state index in [0.29, 0.717) is 12.0 Å². The van der Waals surface area contributed by atoms with Crippen molar-refractivity contribution < 1.29 is 4.79 Å². The lowest BCUT2D eigenvalue weighted by atomic mass is 10.1. The SMILES string of the molecule is CCCCCn1c(C)ccc(CCC(=O)Cl)c1=O. The third-order valence-corrected chi connectivity index (χ3v) is 3.24. The molecule has 0 aliphatic heterocycles. The largest absolute Gasteiger partial charge is 0.313 e. The summed E-state index contributed by atoms with van der Waals surface area (Å²) in [6, 6.07) is 3.73. The van der Waals surface area contributed by atoms with Crippen LogP contribution in [0.2, 0.25) is 0 Å². The summed E-state index contributed by atoms with van der Waals surface area (Å²) >= 11 is 5.31. The van der Waals surface area contributed by atoms with Crippen molar-refractivity contribution in [2.24, 2.45) is 0 Å². The Labute approximate surface area is 113 Å². The molecule has 0 bridgehead atoms. The summed E-state index contributed by atoms with van der Waals surface area (Å²) in [7, 11) is 0. The molecule has 0 aromatic carbocycles. The number of carbonyl (C=O) groups excluding carboxylic acids is 1. The van der Waals surface area contributed by atoms with Gasteiger partial charge >= 0.3 is 0 Å². The van der Waals surface area contributed by atoms with Gasteiger partial charge in [-0.1, -0.05) is 25.8 Å². The predicted molar refractivity (Wildman–Crippen MR) is 74.1 cm³/mol. The normalized spacial score (nSPS) is 10.6. The van der Waals surface area contributed by atoms with Gasteiger partial charge in [-0.25, -0.2) is 0 Å². The number of aromatic nitrogens is 1. The van der Waals surface area contributed by atoms with Crippen LogP contribution in [0.5, 0.6) is 0 Å². The van der Waals surface area contributed by atoms with Crippen molar-refractivity contribution in [3.05, 3.63) is 33.7 Å². The average Bonchev–Trinajstić information content (AvgIpc) is 2.32. The monoisotopic (exact) mass is 269 g/mol. The van der Waals surface area contributed by atoms with Gasteiger partial charge in [0.1, 0.15) is 0 Å². The summed E-state index contributed by atoms with van der Waals surface area (Å²) in [6.45, 7) is 4.82. The van der Waals surface area contributed by atoms with Crippen LogP contribution in [0.4, 0.5) is 0 Å². The molecule has 1 rings (SSSR count). The van der Waals surface area contributed by atoms with Crippen LogP contribution in [0.15, 0.2) is 16.9 Å². The van der Waals surface area contributed by atoms with Crippen LogP contribution >= 0.6 is 11.6 Å². The van der Waals surface area contributed by atoms with Gasteiger partial charge in [-0.05, 0) is 37.4 Å². The number of carbonyl (C=O) groups is 1. The molecule has 3 nitrogen and oxygen atoms in total. The van der Waals surface area contributed by atoms with Crippen LogP contribution in [0, 0.1) is 6.92 Å². The van der Waals surface area contributed by atoms with E-state index in [1.165, 1.54) is 0 Å². The molecule has 0 radical (unpaired) electrons. The van der Waals surface area contributed by atoms with Gasteiger partial charge in [0.05, 0.1) is 0 Å². The Kier molecular flexibility index (Phi) is 6.13. The van der Waals surface area contributed by atoms with Crippen LogP contribution in [-0.4, -0.2) is 9.81 Å². The number of halogens is 1. The molecule has 0 saturated heterocycles. The minimum Gasteiger partial charge on any atom is -0.313 e. The summed E-state index contributed by atoms with van der Waals surface area (Å²) < 4.78 is 1.80. The maximum atomic E-state index is 12.2. The zero-order valence-corrected chi connectivity index (χ0v) is 11.8. The van der Waals surface area contributed by atoms with Crippen molar-refractivity contribution in [2.75, 3.05) is 0 Å². The van der Waals surface area contributed by atoms with Gasteiger partial charge in [0, 0.05) is 24.2 Å². The maximum absolute atomic E-state index is 12.2. The number of nitrogens with zero attached hydrogens (tertiary/aromatic N) is 1. The second kappa shape index (κ2) is 7.37. The Morgan fingerprint density at radius 2 is 2.06 bits per heavy atom. The highest BCUT2D eigenvalue weighted by Crippen LogP contribution is 2.05. The molecular weight excluding hydrogens is 250 g/mol. The minimum absolute atomic E-state index is 0.0176. The van der Waals surface area contributed by atoms with E-state index < -0.39 is 5.24 Å². The van der Waals surface area contributed by atoms with Gasteiger partial charge in [-0.15, -0.1) is 0 Å². The first-order chi connectivity index (χ1) is 8.56. The number of unbranched alkanes of at least 4 members (excludes halogenated alkanes) is 2. The molecule has 0 N–H and O–H groups in total. The minimum atomic E-state index is -0.396. The van der Waals surface area contributed by atoms with Gasteiger partial charge in [-0.2, -0.15) is 0 Å². The van der Waals surface area contributed by atoms with Gasteiger partial charge < -0.3 is 4.57 Å². The lowest BCUT2D eigenvalue weighted by Gasteiger charge is -2.11. The number of hydrogen-bond donors (Lipinski definition) is 0. The van der Waals surface area contributed by atoms with Crippen molar-refractivity contribution in [2.45, 2.75) is 52.5 Å². The van der Waals surface area contributed by atoms with E-state index in [-0.39, 0.29) is 12.0 Å². The summed E-state index contributed by atoms with van der Waals surface area (Å²) in [5, 5.41) is -0.396. The van der Waals surface area contributed by atoms with Gasteiger partial charge in [-0.3, -0.25) is 9.59 Å². The highest BCUT2D eigenvalue weighted by molar-refractivity contribution is 6.63. The Balaban J connectivity index is 2.85. The van der Waals surface area contributed by atoms with E-state index in [1.54, 1.807) is 10.6 Å². The Hall–Kier alpha value is -1.09. The fraction of sp³-hybridized carbons (Fsp3) is 0.571. The highest BCUT2D eigenvalue weighted by Gasteiger charge is 2.07.